The first kappa shape index (κ1) is 22.3. The van der Waals surface area contributed by atoms with Crippen LogP contribution in [0.2, 0.25) is 0 Å². The van der Waals surface area contributed by atoms with Crippen LogP contribution in [0.3, 0.4) is 0 Å². The molecule has 0 aliphatic rings. The zero-order chi connectivity index (χ0) is 23.2. The van der Waals surface area contributed by atoms with Crippen LogP contribution in [0.5, 0.6) is 0 Å². The monoisotopic (exact) mass is 462 g/mol. The van der Waals surface area contributed by atoms with Crippen molar-refractivity contribution in [3.05, 3.63) is 83.2 Å². The van der Waals surface area contributed by atoms with E-state index in [1.807, 2.05) is 42.5 Å². The lowest BCUT2D eigenvalue weighted by Gasteiger charge is -2.09. The van der Waals surface area contributed by atoms with Crippen molar-refractivity contribution < 1.29 is 9.59 Å². The molecule has 0 radical (unpaired) electrons. The fourth-order valence-corrected chi connectivity index (χ4v) is 4.24. The third kappa shape index (κ3) is 4.96. The van der Waals surface area contributed by atoms with E-state index in [9.17, 15) is 14.4 Å². The quantitative estimate of drug-likeness (QED) is 0.308. The number of hydrogen-bond donors (Lipinski definition) is 2. The smallest absolute Gasteiger partial charge is 0.321 e. The Hall–Kier alpha value is -3.92. The largest absolute Gasteiger partial charge is 0.334 e. The fraction of sp³-hybridized carbons (Fsp3) is 0.174. The van der Waals surface area contributed by atoms with Crippen LogP contribution >= 0.6 is 11.8 Å². The van der Waals surface area contributed by atoms with Crippen molar-refractivity contribution in [1.29, 1.82) is 0 Å². The van der Waals surface area contributed by atoms with Gasteiger partial charge in [-0.3, -0.25) is 23.9 Å². The number of rotatable bonds is 8. The van der Waals surface area contributed by atoms with E-state index in [0.717, 1.165) is 5.56 Å². The molecule has 4 aromatic rings. The van der Waals surface area contributed by atoms with Crippen LogP contribution in [0.15, 0.2) is 77.2 Å². The summed E-state index contributed by atoms with van der Waals surface area (Å²) < 4.78 is 3.31. The summed E-state index contributed by atoms with van der Waals surface area (Å²) in [6.07, 6.45) is 1.74. The number of carbonyl (C=O) groups excluding carboxylic acids is 2. The normalized spacial score (nSPS) is 10.9. The Bertz CT molecular complexity index is 1380. The van der Waals surface area contributed by atoms with Gasteiger partial charge in [-0.15, -0.1) is 16.8 Å². The molecule has 33 heavy (non-hydrogen) atoms. The summed E-state index contributed by atoms with van der Waals surface area (Å²) in [5, 5.41) is 14.5. The van der Waals surface area contributed by atoms with E-state index in [2.05, 4.69) is 27.4 Å². The van der Waals surface area contributed by atoms with E-state index in [1.54, 1.807) is 22.6 Å². The number of aromatic nitrogens is 4. The molecule has 0 saturated carbocycles. The highest BCUT2D eigenvalue weighted by atomic mass is 32.2. The first-order valence-electron chi connectivity index (χ1n) is 10.3. The Kier molecular flexibility index (Phi) is 6.84. The van der Waals surface area contributed by atoms with E-state index < -0.39 is 11.9 Å². The van der Waals surface area contributed by atoms with Crippen molar-refractivity contribution in [2.75, 3.05) is 5.75 Å². The molecule has 2 N–H and O–H groups in total. The molecule has 0 unspecified atom stereocenters. The highest BCUT2D eigenvalue weighted by Crippen LogP contribution is 2.22. The molecule has 10 heteroatoms. The molecule has 0 spiro atoms. The van der Waals surface area contributed by atoms with Gasteiger partial charge in [-0.25, -0.2) is 4.79 Å². The molecule has 0 atom stereocenters. The fourth-order valence-electron chi connectivity index (χ4n) is 3.37. The Morgan fingerprint density at radius 2 is 1.82 bits per heavy atom. The highest BCUT2D eigenvalue weighted by molar-refractivity contribution is 7.99. The minimum absolute atomic E-state index is 0.114. The molecule has 0 saturated heterocycles. The first-order chi connectivity index (χ1) is 16.1. The van der Waals surface area contributed by atoms with Crippen LogP contribution in [0.4, 0.5) is 4.79 Å². The van der Waals surface area contributed by atoms with Gasteiger partial charge in [0.1, 0.15) is 0 Å². The van der Waals surface area contributed by atoms with Gasteiger partial charge < -0.3 is 5.32 Å². The Labute approximate surface area is 193 Å². The number of amides is 3. The van der Waals surface area contributed by atoms with E-state index >= 15 is 0 Å². The topological polar surface area (TPSA) is 110 Å². The third-order valence-corrected chi connectivity index (χ3v) is 5.83. The molecular formula is C23H22N6O3S. The number of allylic oxidation sites excluding steroid dienone is 1. The average molecular weight is 463 g/mol. The van der Waals surface area contributed by atoms with Crippen LogP contribution in [-0.2, 0) is 17.9 Å². The van der Waals surface area contributed by atoms with Gasteiger partial charge in [0.05, 0.1) is 10.9 Å². The lowest BCUT2D eigenvalue weighted by molar-refractivity contribution is -0.119. The van der Waals surface area contributed by atoms with Crippen LogP contribution in [-0.4, -0.2) is 36.9 Å². The summed E-state index contributed by atoms with van der Waals surface area (Å²) in [7, 11) is 0. The molecule has 2 aromatic heterocycles. The van der Waals surface area contributed by atoms with Crippen LogP contribution in [0.25, 0.3) is 16.7 Å². The molecule has 168 valence electrons. The van der Waals surface area contributed by atoms with Gasteiger partial charge in [0.25, 0.3) is 5.56 Å². The minimum atomic E-state index is -0.541. The number of benzene rings is 2. The molecule has 0 fully saturated rings. The maximum atomic E-state index is 12.8. The standard InChI is InChI=1S/C23H22N6O3S/c1-2-13-28-20(31)17-10-6-7-11-18(17)29-22(28)26-27-23(29)33-14-12-19(30)25-21(32)24-15-16-8-4-3-5-9-16/h2-11H,1,12-15H2,(H2,24,25,30,32). The van der Waals surface area contributed by atoms with Gasteiger partial charge in [-0.05, 0) is 17.7 Å². The van der Waals surface area contributed by atoms with Gasteiger partial charge in [-0.1, -0.05) is 60.3 Å². The lowest BCUT2D eigenvalue weighted by atomic mass is 10.2. The summed E-state index contributed by atoms with van der Waals surface area (Å²) in [4.78, 5) is 37.0. The van der Waals surface area contributed by atoms with Crippen molar-refractivity contribution in [2.45, 2.75) is 24.7 Å². The van der Waals surface area contributed by atoms with Crippen LogP contribution in [0, 0.1) is 0 Å². The second-order valence-corrected chi connectivity index (χ2v) is 8.22. The predicted octanol–water partition coefficient (Wildman–Crippen LogP) is 2.74. The predicted molar refractivity (Wildman–Crippen MR) is 127 cm³/mol. The molecule has 0 aliphatic heterocycles. The maximum absolute atomic E-state index is 12.8. The van der Waals surface area contributed by atoms with Crippen molar-refractivity contribution >= 4 is 40.4 Å². The number of urea groups is 1. The summed E-state index contributed by atoms with van der Waals surface area (Å²) in [6, 6.07) is 16.1. The van der Waals surface area contributed by atoms with Crippen LogP contribution in [0.1, 0.15) is 12.0 Å². The van der Waals surface area contributed by atoms with Crippen molar-refractivity contribution in [3.63, 3.8) is 0 Å². The number of thioether (sulfide) groups is 1. The van der Waals surface area contributed by atoms with Crippen molar-refractivity contribution in [3.8, 4) is 0 Å². The van der Waals surface area contributed by atoms with Gasteiger partial charge in [0.15, 0.2) is 5.16 Å². The summed E-state index contributed by atoms with van der Waals surface area (Å²) in [6.45, 7) is 4.35. The molecule has 3 amide bonds. The maximum Gasteiger partial charge on any atom is 0.321 e. The van der Waals surface area contributed by atoms with E-state index in [4.69, 9.17) is 0 Å². The van der Waals surface area contributed by atoms with Gasteiger partial charge in [-0.2, -0.15) is 0 Å². The van der Waals surface area contributed by atoms with Gasteiger partial charge >= 0.3 is 6.03 Å². The Morgan fingerprint density at radius 1 is 1.06 bits per heavy atom. The summed E-state index contributed by atoms with van der Waals surface area (Å²) >= 11 is 1.33. The number of carbonyl (C=O) groups is 2. The molecule has 2 aromatic carbocycles. The van der Waals surface area contributed by atoms with E-state index in [1.165, 1.54) is 16.3 Å². The van der Waals surface area contributed by atoms with Crippen molar-refractivity contribution in [1.82, 2.24) is 29.8 Å². The first-order valence-corrected chi connectivity index (χ1v) is 11.3. The number of nitrogens with one attached hydrogen (secondary N) is 2. The lowest BCUT2D eigenvalue weighted by Crippen LogP contribution is -2.39. The Morgan fingerprint density at radius 3 is 2.61 bits per heavy atom. The molecule has 2 heterocycles. The second kappa shape index (κ2) is 10.1. The van der Waals surface area contributed by atoms with E-state index in [0.29, 0.717) is 40.7 Å². The summed E-state index contributed by atoms with van der Waals surface area (Å²) in [5.41, 5.74) is 1.47. The number of nitrogens with zero attached hydrogens (tertiary/aromatic N) is 4. The molecule has 9 nitrogen and oxygen atoms in total. The minimum Gasteiger partial charge on any atom is -0.334 e. The number of imide groups is 1. The zero-order valence-electron chi connectivity index (χ0n) is 17.7. The number of hydrogen-bond acceptors (Lipinski definition) is 6. The SMILES string of the molecule is C=CCn1c(=O)c2ccccc2n2c(SCCC(=O)NC(=O)NCc3ccccc3)nnc12. The summed E-state index contributed by atoms with van der Waals surface area (Å²) in [5.74, 6) is 0.397. The Balaban J connectivity index is 1.41. The molecule has 0 aliphatic carbocycles. The molecule has 0 bridgehead atoms. The third-order valence-electron chi connectivity index (χ3n) is 4.90. The highest BCUT2D eigenvalue weighted by Gasteiger charge is 2.16. The van der Waals surface area contributed by atoms with Gasteiger partial charge in [0, 0.05) is 25.3 Å². The van der Waals surface area contributed by atoms with Gasteiger partial charge in [0.2, 0.25) is 11.7 Å². The molecular weight excluding hydrogens is 440 g/mol. The average Bonchev–Trinajstić information content (AvgIpc) is 3.25. The zero-order valence-corrected chi connectivity index (χ0v) is 18.5. The molecule has 4 rings (SSSR count). The van der Waals surface area contributed by atoms with E-state index in [-0.39, 0.29) is 12.0 Å². The number of fused-ring (bicyclic) bond motifs is 3. The van der Waals surface area contributed by atoms with Crippen LogP contribution < -0.4 is 16.2 Å². The second-order valence-electron chi connectivity index (χ2n) is 7.15. The number of para-hydroxylation sites is 1. The van der Waals surface area contributed by atoms with Crippen molar-refractivity contribution in [2.24, 2.45) is 0 Å².